The van der Waals surface area contributed by atoms with Crippen LogP contribution in [0.1, 0.15) is 11.1 Å². The van der Waals surface area contributed by atoms with Crippen LogP contribution >= 0.6 is 11.6 Å². The Bertz CT molecular complexity index is 749. The second kappa shape index (κ2) is 5.50. The summed E-state index contributed by atoms with van der Waals surface area (Å²) in [6.45, 7) is 0. The summed E-state index contributed by atoms with van der Waals surface area (Å²) in [5.74, 6) is -0.132. The van der Waals surface area contributed by atoms with E-state index in [9.17, 15) is 9.18 Å². The molecule has 3 rings (SSSR count). The summed E-state index contributed by atoms with van der Waals surface area (Å²) in [7, 11) is 0. The van der Waals surface area contributed by atoms with Gasteiger partial charge in [-0.25, -0.2) is 9.38 Å². The number of amides is 1. The molecular formula is C16H10ClFN2O. The minimum Gasteiger partial charge on any atom is -0.305 e. The minimum atomic E-state index is -0.321. The molecule has 0 radical (unpaired) electrons. The lowest BCUT2D eigenvalue weighted by molar-refractivity contribution is -0.115. The molecular weight excluding hydrogens is 291 g/mol. The van der Waals surface area contributed by atoms with Crippen molar-refractivity contribution in [3.8, 4) is 0 Å². The van der Waals surface area contributed by atoms with Crippen LogP contribution in [0.4, 0.5) is 4.39 Å². The van der Waals surface area contributed by atoms with Gasteiger partial charge in [0.2, 0.25) is 0 Å². The summed E-state index contributed by atoms with van der Waals surface area (Å²) in [4.78, 5) is 16.2. The number of benzene rings is 2. The van der Waals surface area contributed by atoms with E-state index < -0.39 is 0 Å². The average molecular weight is 301 g/mol. The molecule has 0 bridgehead atoms. The molecule has 0 saturated heterocycles. The molecule has 1 aliphatic rings. The molecule has 0 unspecified atom stereocenters. The van der Waals surface area contributed by atoms with Gasteiger partial charge < -0.3 is 5.32 Å². The summed E-state index contributed by atoms with van der Waals surface area (Å²) in [5.41, 5.74) is 1.77. The Balaban J connectivity index is 1.91. The Kier molecular flexibility index (Phi) is 3.54. The first-order valence-corrected chi connectivity index (χ1v) is 6.63. The minimum absolute atomic E-state index is 0.284. The van der Waals surface area contributed by atoms with Crippen molar-refractivity contribution in [2.75, 3.05) is 0 Å². The fourth-order valence-electron chi connectivity index (χ4n) is 1.93. The fourth-order valence-corrected chi connectivity index (χ4v) is 2.06. The van der Waals surface area contributed by atoms with E-state index in [1.165, 1.54) is 12.1 Å². The van der Waals surface area contributed by atoms with Crippen molar-refractivity contribution in [2.45, 2.75) is 0 Å². The first kappa shape index (κ1) is 13.5. The standard InChI is InChI=1S/C16H10ClFN2O/c17-12-5-3-11(4-6-12)15-19-14(16(21)20-15)9-10-1-7-13(18)8-2-10/h1-9H,(H,19,20,21)/b14-9+. The number of nitrogens with zero attached hydrogens (tertiary/aromatic N) is 1. The first-order valence-electron chi connectivity index (χ1n) is 6.25. The summed E-state index contributed by atoms with van der Waals surface area (Å²) in [6, 6.07) is 12.9. The monoisotopic (exact) mass is 300 g/mol. The molecule has 0 fully saturated rings. The van der Waals surface area contributed by atoms with E-state index in [-0.39, 0.29) is 17.4 Å². The lowest BCUT2D eigenvalue weighted by atomic mass is 10.2. The fraction of sp³-hybridized carbons (Fsp3) is 0. The number of amidine groups is 1. The van der Waals surface area contributed by atoms with E-state index >= 15 is 0 Å². The van der Waals surface area contributed by atoms with Crippen molar-refractivity contribution < 1.29 is 9.18 Å². The number of hydrogen-bond donors (Lipinski definition) is 1. The van der Waals surface area contributed by atoms with Gasteiger partial charge in [0.25, 0.3) is 5.91 Å². The topological polar surface area (TPSA) is 41.5 Å². The molecule has 104 valence electrons. The number of nitrogens with one attached hydrogen (secondary N) is 1. The highest BCUT2D eigenvalue weighted by atomic mass is 35.5. The van der Waals surface area contributed by atoms with Crippen molar-refractivity contribution >= 4 is 29.4 Å². The van der Waals surface area contributed by atoms with Gasteiger partial charge in [-0.1, -0.05) is 23.7 Å². The molecule has 0 saturated carbocycles. The van der Waals surface area contributed by atoms with Crippen LogP contribution < -0.4 is 5.32 Å². The number of aliphatic imine (C=N–C) groups is 1. The van der Waals surface area contributed by atoms with Crippen LogP contribution in [-0.4, -0.2) is 11.7 Å². The number of hydrogen-bond acceptors (Lipinski definition) is 2. The molecule has 21 heavy (non-hydrogen) atoms. The van der Waals surface area contributed by atoms with E-state index in [1.807, 2.05) is 0 Å². The Labute approximate surface area is 125 Å². The Morgan fingerprint density at radius 1 is 1.05 bits per heavy atom. The molecule has 0 aromatic heterocycles. The highest BCUT2D eigenvalue weighted by Crippen LogP contribution is 2.17. The zero-order valence-electron chi connectivity index (χ0n) is 10.8. The van der Waals surface area contributed by atoms with Crippen molar-refractivity contribution in [1.82, 2.24) is 5.32 Å². The molecule has 1 aliphatic heterocycles. The maximum atomic E-state index is 12.9. The number of carbonyl (C=O) groups is 1. The third-order valence-electron chi connectivity index (χ3n) is 2.99. The third-order valence-corrected chi connectivity index (χ3v) is 3.24. The van der Waals surface area contributed by atoms with Gasteiger partial charge in [0.15, 0.2) is 0 Å². The second-order valence-electron chi connectivity index (χ2n) is 4.50. The quantitative estimate of drug-likeness (QED) is 0.849. The molecule has 1 heterocycles. The van der Waals surface area contributed by atoms with Crippen molar-refractivity contribution in [3.63, 3.8) is 0 Å². The molecule has 2 aromatic carbocycles. The van der Waals surface area contributed by atoms with Gasteiger partial charge in [0.1, 0.15) is 17.3 Å². The maximum Gasteiger partial charge on any atom is 0.275 e. The third kappa shape index (κ3) is 3.01. The largest absolute Gasteiger partial charge is 0.305 e. The molecule has 2 aromatic rings. The van der Waals surface area contributed by atoms with Crippen LogP contribution in [0.5, 0.6) is 0 Å². The number of rotatable bonds is 2. The lowest BCUT2D eigenvalue weighted by Gasteiger charge is -1.99. The molecule has 3 nitrogen and oxygen atoms in total. The molecule has 1 amide bonds. The normalized spacial score (nSPS) is 16.0. The van der Waals surface area contributed by atoms with Gasteiger partial charge in [-0.2, -0.15) is 0 Å². The zero-order chi connectivity index (χ0) is 14.8. The molecule has 0 aliphatic carbocycles. The molecule has 5 heteroatoms. The second-order valence-corrected chi connectivity index (χ2v) is 4.94. The zero-order valence-corrected chi connectivity index (χ0v) is 11.6. The summed E-state index contributed by atoms with van der Waals surface area (Å²) in [5, 5.41) is 3.31. The lowest BCUT2D eigenvalue weighted by Crippen LogP contribution is -2.24. The maximum absolute atomic E-state index is 12.9. The Morgan fingerprint density at radius 3 is 2.38 bits per heavy atom. The van der Waals surface area contributed by atoms with Crippen LogP contribution in [0.2, 0.25) is 5.02 Å². The van der Waals surface area contributed by atoms with Crippen molar-refractivity contribution in [3.05, 3.63) is 76.2 Å². The highest BCUT2D eigenvalue weighted by Gasteiger charge is 2.20. The summed E-state index contributed by atoms with van der Waals surface area (Å²) in [6.07, 6.45) is 1.61. The van der Waals surface area contributed by atoms with Gasteiger partial charge in [-0.3, -0.25) is 4.79 Å². The highest BCUT2D eigenvalue weighted by molar-refractivity contribution is 6.30. The van der Waals surface area contributed by atoms with Gasteiger partial charge >= 0.3 is 0 Å². The van der Waals surface area contributed by atoms with E-state index in [0.29, 0.717) is 16.4 Å². The number of carbonyl (C=O) groups excluding carboxylic acids is 1. The van der Waals surface area contributed by atoms with Crippen LogP contribution in [0.3, 0.4) is 0 Å². The van der Waals surface area contributed by atoms with E-state index in [4.69, 9.17) is 11.6 Å². The summed E-state index contributed by atoms with van der Waals surface area (Å²) < 4.78 is 12.9. The van der Waals surface area contributed by atoms with Gasteiger partial charge in [0, 0.05) is 10.6 Å². The van der Waals surface area contributed by atoms with Crippen LogP contribution in [0, 0.1) is 5.82 Å². The van der Waals surface area contributed by atoms with Crippen LogP contribution in [0.25, 0.3) is 6.08 Å². The van der Waals surface area contributed by atoms with Gasteiger partial charge in [-0.15, -0.1) is 0 Å². The van der Waals surface area contributed by atoms with Gasteiger partial charge in [0.05, 0.1) is 0 Å². The smallest absolute Gasteiger partial charge is 0.275 e. The van der Waals surface area contributed by atoms with Crippen LogP contribution in [0.15, 0.2) is 59.2 Å². The average Bonchev–Trinajstić information content (AvgIpc) is 2.83. The molecule has 1 N–H and O–H groups in total. The van der Waals surface area contributed by atoms with E-state index in [2.05, 4.69) is 10.3 Å². The van der Waals surface area contributed by atoms with Crippen molar-refractivity contribution in [1.29, 1.82) is 0 Å². The van der Waals surface area contributed by atoms with Crippen LogP contribution in [-0.2, 0) is 4.79 Å². The SMILES string of the molecule is O=C1NC(c2ccc(Cl)cc2)=N/C1=C/c1ccc(F)cc1. The predicted octanol–water partition coefficient (Wildman–Crippen LogP) is 3.40. The van der Waals surface area contributed by atoms with E-state index in [0.717, 1.165) is 5.56 Å². The first-order chi connectivity index (χ1) is 10.1. The predicted molar refractivity (Wildman–Crippen MR) is 80.5 cm³/mol. The Hall–Kier alpha value is -2.46. The number of halogens is 2. The summed E-state index contributed by atoms with van der Waals surface area (Å²) >= 11 is 5.83. The van der Waals surface area contributed by atoms with Crippen molar-refractivity contribution in [2.24, 2.45) is 4.99 Å². The van der Waals surface area contributed by atoms with Gasteiger partial charge in [-0.05, 0) is 48.0 Å². The Morgan fingerprint density at radius 2 is 1.71 bits per heavy atom. The van der Waals surface area contributed by atoms with E-state index in [1.54, 1.807) is 42.5 Å². The molecule has 0 atom stereocenters. The molecule has 0 spiro atoms.